The van der Waals surface area contributed by atoms with Crippen LogP contribution in [0.25, 0.3) is 0 Å². The molecule has 2 fully saturated rings. The largest absolute Gasteiger partial charge is 0.359 e. The van der Waals surface area contributed by atoms with Gasteiger partial charge in [-0.25, -0.2) is 8.42 Å². The third-order valence-corrected chi connectivity index (χ3v) is 5.62. The van der Waals surface area contributed by atoms with Crippen molar-refractivity contribution in [3.63, 3.8) is 0 Å². The van der Waals surface area contributed by atoms with E-state index < -0.39 is 9.84 Å². The van der Waals surface area contributed by atoms with Crippen LogP contribution < -0.4 is 5.32 Å². The van der Waals surface area contributed by atoms with Gasteiger partial charge >= 0.3 is 0 Å². The van der Waals surface area contributed by atoms with Crippen molar-refractivity contribution in [2.45, 2.75) is 31.8 Å². The molecular formula is C9H16N2O2S2. The molecule has 1 unspecified atom stereocenters. The average Bonchev–Trinajstić information content (AvgIpc) is 2.56. The van der Waals surface area contributed by atoms with Gasteiger partial charge in [-0.3, -0.25) is 4.99 Å². The van der Waals surface area contributed by atoms with Crippen molar-refractivity contribution in [1.29, 1.82) is 0 Å². The highest BCUT2D eigenvalue weighted by molar-refractivity contribution is 8.14. The molecule has 2 heterocycles. The molecule has 4 nitrogen and oxygen atoms in total. The summed E-state index contributed by atoms with van der Waals surface area (Å²) in [5.41, 5.74) is 0.0843. The molecule has 0 amide bonds. The van der Waals surface area contributed by atoms with Crippen LogP contribution in [-0.2, 0) is 9.84 Å². The molecule has 1 N–H and O–H groups in total. The number of hydrogen-bond acceptors (Lipinski definition) is 4. The molecule has 6 heteroatoms. The molecule has 0 aliphatic carbocycles. The summed E-state index contributed by atoms with van der Waals surface area (Å²) in [6.07, 6.45) is 0.675. The van der Waals surface area contributed by atoms with E-state index in [0.717, 1.165) is 10.9 Å². The van der Waals surface area contributed by atoms with E-state index in [1.54, 1.807) is 11.8 Å². The van der Waals surface area contributed by atoms with Gasteiger partial charge in [0.1, 0.15) is 0 Å². The second kappa shape index (κ2) is 3.66. The van der Waals surface area contributed by atoms with Crippen molar-refractivity contribution < 1.29 is 8.42 Å². The van der Waals surface area contributed by atoms with Crippen LogP contribution >= 0.6 is 11.8 Å². The van der Waals surface area contributed by atoms with Gasteiger partial charge in [0.25, 0.3) is 0 Å². The molecule has 2 aliphatic rings. The van der Waals surface area contributed by atoms with Gasteiger partial charge in [-0.15, -0.1) is 0 Å². The molecule has 0 aromatic carbocycles. The summed E-state index contributed by atoms with van der Waals surface area (Å²) in [4.78, 5) is 4.46. The SMILES string of the molecule is CC1(C)CSC(=NC2CCS(=O)(=O)C2)N1. The molecule has 2 rings (SSSR count). The fraction of sp³-hybridized carbons (Fsp3) is 0.889. The summed E-state index contributed by atoms with van der Waals surface area (Å²) in [5.74, 6) is 1.51. The van der Waals surface area contributed by atoms with E-state index in [0.29, 0.717) is 12.2 Å². The van der Waals surface area contributed by atoms with Gasteiger partial charge in [-0.2, -0.15) is 0 Å². The van der Waals surface area contributed by atoms with Crippen molar-refractivity contribution in [2.75, 3.05) is 17.3 Å². The van der Waals surface area contributed by atoms with E-state index in [4.69, 9.17) is 0 Å². The lowest BCUT2D eigenvalue weighted by Crippen LogP contribution is -2.37. The molecule has 15 heavy (non-hydrogen) atoms. The molecule has 0 saturated carbocycles. The molecule has 0 aromatic rings. The monoisotopic (exact) mass is 248 g/mol. The Balaban J connectivity index is 2.01. The first-order valence-electron chi connectivity index (χ1n) is 5.06. The molecule has 0 spiro atoms. The van der Waals surface area contributed by atoms with Crippen LogP contribution in [0, 0.1) is 0 Å². The topological polar surface area (TPSA) is 58.5 Å². The summed E-state index contributed by atoms with van der Waals surface area (Å²) >= 11 is 1.68. The molecule has 0 radical (unpaired) electrons. The summed E-state index contributed by atoms with van der Waals surface area (Å²) in [6, 6.07) is -0.0288. The lowest BCUT2D eigenvalue weighted by Gasteiger charge is -2.16. The number of nitrogens with one attached hydrogen (secondary N) is 1. The summed E-state index contributed by atoms with van der Waals surface area (Å²) in [7, 11) is -2.81. The zero-order valence-corrected chi connectivity index (χ0v) is 10.6. The van der Waals surface area contributed by atoms with Crippen molar-refractivity contribution in [3.05, 3.63) is 0 Å². The molecule has 2 saturated heterocycles. The minimum absolute atomic E-state index is 0.0288. The number of hydrogen-bond donors (Lipinski definition) is 1. The predicted octanol–water partition coefficient (Wildman–Crippen LogP) is 0.645. The zero-order chi connectivity index (χ0) is 11.1. The van der Waals surface area contributed by atoms with Crippen LogP contribution in [0.1, 0.15) is 20.3 Å². The van der Waals surface area contributed by atoms with E-state index in [-0.39, 0.29) is 17.3 Å². The highest BCUT2D eigenvalue weighted by Gasteiger charge is 2.31. The number of rotatable bonds is 1. The first kappa shape index (κ1) is 11.3. The van der Waals surface area contributed by atoms with E-state index in [2.05, 4.69) is 24.2 Å². The third-order valence-electron chi connectivity index (χ3n) is 2.52. The Labute approximate surface area is 94.8 Å². The first-order valence-corrected chi connectivity index (χ1v) is 7.86. The van der Waals surface area contributed by atoms with Crippen LogP contribution in [0.4, 0.5) is 0 Å². The average molecular weight is 248 g/mol. The Bertz CT molecular complexity index is 387. The number of thioether (sulfide) groups is 1. The Morgan fingerprint density at radius 1 is 1.53 bits per heavy atom. The Morgan fingerprint density at radius 2 is 2.27 bits per heavy atom. The van der Waals surface area contributed by atoms with Gasteiger partial charge in [0.05, 0.1) is 17.5 Å². The maximum absolute atomic E-state index is 11.2. The highest BCUT2D eigenvalue weighted by atomic mass is 32.2. The minimum atomic E-state index is -2.81. The molecule has 86 valence electrons. The Hall–Kier alpha value is -0.230. The third kappa shape index (κ3) is 2.87. The standard InChI is InChI=1S/C9H16N2O2S2/c1-9(2)6-14-8(11-9)10-7-3-4-15(12,13)5-7/h7H,3-6H2,1-2H3,(H,10,11). The predicted molar refractivity (Wildman–Crippen MR) is 64.2 cm³/mol. The number of nitrogens with zero attached hydrogens (tertiary/aromatic N) is 1. The second-order valence-electron chi connectivity index (χ2n) is 4.79. The second-order valence-corrected chi connectivity index (χ2v) is 7.98. The molecule has 1 atom stereocenters. The Morgan fingerprint density at radius 3 is 2.73 bits per heavy atom. The summed E-state index contributed by atoms with van der Waals surface area (Å²) < 4.78 is 22.5. The van der Waals surface area contributed by atoms with Crippen LogP contribution in [0.5, 0.6) is 0 Å². The van der Waals surface area contributed by atoms with Gasteiger partial charge < -0.3 is 5.32 Å². The molecule has 0 aromatic heterocycles. The number of sulfone groups is 1. The maximum atomic E-state index is 11.2. The summed E-state index contributed by atoms with van der Waals surface area (Å²) in [6.45, 7) is 4.24. The fourth-order valence-corrected chi connectivity index (χ4v) is 4.49. The van der Waals surface area contributed by atoms with Gasteiger partial charge in [-0.05, 0) is 20.3 Å². The van der Waals surface area contributed by atoms with Crippen LogP contribution in [0.2, 0.25) is 0 Å². The summed E-state index contributed by atoms with van der Waals surface area (Å²) in [5, 5.41) is 4.21. The smallest absolute Gasteiger partial charge is 0.157 e. The maximum Gasteiger partial charge on any atom is 0.157 e. The van der Waals surface area contributed by atoms with E-state index in [1.165, 1.54) is 0 Å². The Kier molecular flexibility index (Phi) is 2.75. The van der Waals surface area contributed by atoms with Crippen LogP contribution in [-0.4, -0.2) is 42.4 Å². The minimum Gasteiger partial charge on any atom is -0.359 e. The van der Waals surface area contributed by atoms with E-state index >= 15 is 0 Å². The van der Waals surface area contributed by atoms with E-state index in [1.807, 2.05) is 0 Å². The van der Waals surface area contributed by atoms with Gasteiger partial charge in [0.15, 0.2) is 15.0 Å². The molecule has 2 aliphatic heterocycles. The normalized spacial score (nSPS) is 35.6. The lowest BCUT2D eigenvalue weighted by atomic mass is 10.1. The van der Waals surface area contributed by atoms with Gasteiger partial charge in [0, 0.05) is 11.3 Å². The van der Waals surface area contributed by atoms with Gasteiger partial charge in [0.2, 0.25) is 0 Å². The van der Waals surface area contributed by atoms with Gasteiger partial charge in [-0.1, -0.05) is 11.8 Å². The van der Waals surface area contributed by atoms with Crippen molar-refractivity contribution in [1.82, 2.24) is 5.32 Å². The lowest BCUT2D eigenvalue weighted by molar-refractivity contribution is 0.535. The van der Waals surface area contributed by atoms with Crippen molar-refractivity contribution in [3.8, 4) is 0 Å². The van der Waals surface area contributed by atoms with Crippen LogP contribution in [0.15, 0.2) is 4.99 Å². The quantitative estimate of drug-likeness (QED) is 0.740. The van der Waals surface area contributed by atoms with Crippen LogP contribution in [0.3, 0.4) is 0 Å². The van der Waals surface area contributed by atoms with Crippen molar-refractivity contribution >= 4 is 26.8 Å². The zero-order valence-electron chi connectivity index (χ0n) is 8.99. The first-order chi connectivity index (χ1) is 6.86. The number of aliphatic imine (C=N–C) groups is 1. The molecule has 0 bridgehead atoms. The number of amidine groups is 1. The highest BCUT2D eigenvalue weighted by Crippen LogP contribution is 2.24. The van der Waals surface area contributed by atoms with Crippen molar-refractivity contribution in [2.24, 2.45) is 4.99 Å². The fourth-order valence-electron chi connectivity index (χ4n) is 1.72. The molecular weight excluding hydrogens is 232 g/mol. The van der Waals surface area contributed by atoms with E-state index in [9.17, 15) is 8.42 Å².